The molecule has 0 spiro atoms. The Morgan fingerprint density at radius 1 is 1.27 bits per heavy atom. The van der Waals surface area contributed by atoms with Crippen molar-refractivity contribution in [2.24, 2.45) is 0 Å². The highest BCUT2D eigenvalue weighted by atomic mass is 32.1. The third-order valence-corrected chi connectivity index (χ3v) is 5.84. The van der Waals surface area contributed by atoms with Crippen molar-refractivity contribution in [3.8, 4) is 5.75 Å². The van der Waals surface area contributed by atoms with Crippen molar-refractivity contribution in [2.45, 2.75) is 33.2 Å². The largest absolute Gasteiger partial charge is 0.495 e. The van der Waals surface area contributed by atoms with E-state index in [0.29, 0.717) is 38.6 Å². The molecule has 2 heterocycles. The van der Waals surface area contributed by atoms with Crippen LogP contribution in [0.5, 0.6) is 5.75 Å². The molecule has 9 heteroatoms. The Kier molecular flexibility index (Phi) is 6.83. The van der Waals surface area contributed by atoms with E-state index in [4.69, 9.17) is 4.74 Å². The van der Waals surface area contributed by atoms with Crippen LogP contribution in [0.4, 0.5) is 5.69 Å². The molecule has 8 nitrogen and oxygen atoms in total. The van der Waals surface area contributed by atoms with Gasteiger partial charge in [-0.2, -0.15) is 0 Å². The van der Waals surface area contributed by atoms with E-state index in [0.717, 1.165) is 24.2 Å². The fourth-order valence-corrected chi connectivity index (χ4v) is 4.07. The molecule has 3 aromatic rings. The van der Waals surface area contributed by atoms with Gasteiger partial charge in [0.2, 0.25) is 5.91 Å². The number of anilines is 1. The molecule has 2 amide bonds. The first-order chi connectivity index (χ1) is 14.5. The lowest BCUT2D eigenvalue weighted by molar-refractivity contribution is -0.121. The number of aromatic nitrogens is 2. The minimum atomic E-state index is -0.344. The predicted octanol–water partition coefficient (Wildman–Crippen LogP) is 2.94. The van der Waals surface area contributed by atoms with Crippen LogP contribution in [0.3, 0.4) is 0 Å². The number of para-hydroxylation sites is 2. The molecule has 2 N–H and O–H groups in total. The van der Waals surface area contributed by atoms with Gasteiger partial charge in [-0.15, -0.1) is 11.3 Å². The van der Waals surface area contributed by atoms with Crippen LogP contribution in [0.2, 0.25) is 0 Å². The summed E-state index contributed by atoms with van der Waals surface area (Å²) in [5.41, 5.74) is 0.743. The fourth-order valence-electron chi connectivity index (χ4n) is 3.03. The van der Waals surface area contributed by atoms with Crippen molar-refractivity contribution in [3.63, 3.8) is 0 Å². The molecule has 0 unspecified atom stereocenters. The van der Waals surface area contributed by atoms with Crippen molar-refractivity contribution < 1.29 is 14.3 Å². The van der Waals surface area contributed by atoms with Crippen LogP contribution in [0.15, 0.2) is 35.4 Å². The van der Waals surface area contributed by atoms with Gasteiger partial charge in [-0.1, -0.05) is 25.5 Å². The van der Waals surface area contributed by atoms with Gasteiger partial charge in [-0.05, 0) is 31.0 Å². The number of nitrogens with one attached hydrogen (secondary N) is 2. The summed E-state index contributed by atoms with van der Waals surface area (Å²) >= 11 is 1.15. The van der Waals surface area contributed by atoms with E-state index in [2.05, 4.69) is 15.6 Å². The number of hydrogen-bond donors (Lipinski definition) is 2. The molecule has 0 bridgehead atoms. The lowest BCUT2D eigenvalue weighted by atomic mass is 10.2. The van der Waals surface area contributed by atoms with Gasteiger partial charge in [0, 0.05) is 6.54 Å². The number of carbonyl (C=O) groups is 2. The van der Waals surface area contributed by atoms with Crippen molar-refractivity contribution in [1.29, 1.82) is 0 Å². The summed E-state index contributed by atoms with van der Waals surface area (Å²) in [4.78, 5) is 43.0. The average Bonchev–Trinajstić information content (AvgIpc) is 3.08. The van der Waals surface area contributed by atoms with Crippen LogP contribution in [0.1, 0.15) is 35.0 Å². The summed E-state index contributed by atoms with van der Waals surface area (Å²) in [6.45, 7) is 4.22. The molecule has 0 aliphatic rings. The third kappa shape index (κ3) is 4.51. The van der Waals surface area contributed by atoms with E-state index < -0.39 is 0 Å². The Morgan fingerprint density at radius 3 is 2.77 bits per heavy atom. The molecule has 158 valence electrons. The molecule has 30 heavy (non-hydrogen) atoms. The van der Waals surface area contributed by atoms with Crippen molar-refractivity contribution in [1.82, 2.24) is 14.9 Å². The smallest absolute Gasteiger partial charge is 0.266 e. The number of methoxy groups -OCH3 is 1. The van der Waals surface area contributed by atoms with E-state index in [1.165, 1.54) is 18.0 Å². The number of amides is 2. The van der Waals surface area contributed by atoms with E-state index in [1.54, 1.807) is 25.1 Å². The zero-order valence-electron chi connectivity index (χ0n) is 17.2. The first kappa shape index (κ1) is 21.5. The number of aryl methyl sites for hydroxylation is 1. The second-order valence-corrected chi connectivity index (χ2v) is 7.77. The molecule has 0 atom stereocenters. The highest BCUT2D eigenvalue weighted by Gasteiger charge is 2.21. The summed E-state index contributed by atoms with van der Waals surface area (Å²) in [6.07, 6.45) is 3.20. The maximum absolute atomic E-state index is 12.9. The molecule has 0 saturated heterocycles. The van der Waals surface area contributed by atoms with E-state index >= 15 is 0 Å². The molecule has 3 rings (SSSR count). The Hall–Kier alpha value is -3.20. The monoisotopic (exact) mass is 428 g/mol. The normalized spacial score (nSPS) is 10.8. The molecule has 1 aromatic carbocycles. The topological polar surface area (TPSA) is 102 Å². The number of thiophene rings is 1. The fraction of sp³-hybridized carbons (Fsp3) is 0.333. The molecule has 0 aliphatic heterocycles. The van der Waals surface area contributed by atoms with Crippen molar-refractivity contribution in [3.05, 3.63) is 51.4 Å². The maximum atomic E-state index is 12.9. The zero-order valence-corrected chi connectivity index (χ0v) is 18.0. The van der Waals surface area contributed by atoms with Gasteiger partial charge in [0.1, 0.15) is 17.1 Å². The van der Waals surface area contributed by atoms with E-state index in [-0.39, 0.29) is 23.9 Å². The van der Waals surface area contributed by atoms with Crippen LogP contribution >= 0.6 is 11.3 Å². The summed E-state index contributed by atoms with van der Waals surface area (Å²) in [5, 5.41) is 5.96. The van der Waals surface area contributed by atoms with Crippen LogP contribution < -0.4 is 20.9 Å². The second-order valence-electron chi connectivity index (χ2n) is 6.77. The molecular formula is C21H24N4O4S. The van der Waals surface area contributed by atoms with Gasteiger partial charge in [0.15, 0.2) is 0 Å². The lowest BCUT2D eigenvalue weighted by Gasteiger charge is -2.09. The standard InChI is InChI=1S/C21H24N4O4S/c1-4-5-10-22-16(26)11-25-12-23-20-17(21(25)28)13(2)18(30-20)19(27)24-14-8-6-7-9-15(14)29-3/h6-9,12H,4-5,10-11H2,1-3H3,(H,22,26)(H,24,27). The number of carbonyl (C=O) groups excluding carboxylic acids is 2. The molecule has 0 radical (unpaired) electrons. The minimum absolute atomic E-state index is 0.108. The first-order valence-corrected chi connectivity index (χ1v) is 10.5. The molecule has 0 fully saturated rings. The van der Waals surface area contributed by atoms with Gasteiger partial charge in [0.25, 0.3) is 11.5 Å². The Labute approximate surface area is 177 Å². The third-order valence-electron chi connectivity index (χ3n) is 4.65. The highest BCUT2D eigenvalue weighted by molar-refractivity contribution is 7.20. The van der Waals surface area contributed by atoms with Crippen molar-refractivity contribution in [2.75, 3.05) is 19.0 Å². The number of rotatable bonds is 8. The van der Waals surface area contributed by atoms with E-state index in [1.807, 2.05) is 13.0 Å². The quantitative estimate of drug-likeness (QED) is 0.537. The first-order valence-electron chi connectivity index (χ1n) is 9.65. The summed E-state index contributed by atoms with van der Waals surface area (Å²) < 4.78 is 6.53. The number of ether oxygens (including phenoxy) is 1. The summed E-state index contributed by atoms with van der Waals surface area (Å²) in [5.74, 6) is -0.0452. The average molecular weight is 429 g/mol. The molecular weight excluding hydrogens is 404 g/mol. The number of fused-ring (bicyclic) bond motifs is 1. The minimum Gasteiger partial charge on any atom is -0.495 e. The van der Waals surface area contributed by atoms with Gasteiger partial charge < -0.3 is 15.4 Å². The second kappa shape index (κ2) is 9.53. The van der Waals surface area contributed by atoms with Gasteiger partial charge in [0.05, 0.1) is 29.4 Å². The lowest BCUT2D eigenvalue weighted by Crippen LogP contribution is -2.32. The van der Waals surface area contributed by atoms with E-state index in [9.17, 15) is 14.4 Å². The number of hydrogen-bond acceptors (Lipinski definition) is 6. The molecule has 0 aliphatic carbocycles. The van der Waals surface area contributed by atoms with Gasteiger partial charge >= 0.3 is 0 Å². The van der Waals surface area contributed by atoms with Gasteiger partial charge in [-0.3, -0.25) is 19.0 Å². The van der Waals surface area contributed by atoms with Crippen molar-refractivity contribution >= 4 is 39.1 Å². The Morgan fingerprint density at radius 2 is 2.03 bits per heavy atom. The summed E-state index contributed by atoms with van der Waals surface area (Å²) in [7, 11) is 1.53. The van der Waals surface area contributed by atoms with Crippen LogP contribution in [0.25, 0.3) is 10.2 Å². The van der Waals surface area contributed by atoms with Crippen LogP contribution in [0, 0.1) is 6.92 Å². The van der Waals surface area contributed by atoms with Crippen LogP contribution in [-0.2, 0) is 11.3 Å². The SMILES string of the molecule is CCCCNC(=O)Cn1cnc2sc(C(=O)Nc3ccccc3OC)c(C)c2c1=O. The summed E-state index contributed by atoms with van der Waals surface area (Å²) in [6, 6.07) is 7.09. The number of benzene rings is 1. The zero-order chi connectivity index (χ0) is 21.7. The maximum Gasteiger partial charge on any atom is 0.266 e. The molecule has 2 aromatic heterocycles. The highest BCUT2D eigenvalue weighted by Crippen LogP contribution is 2.29. The molecule has 0 saturated carbocycles. The van der Waals surface area contributed by atoms with Crippen LogP contribution in [-0.4, -0.2) is 35.0 Å². The Balaban J connectivity index is 1.87. The van der Waals surface area contributed by atoms with Gasteiger partial charge in [-0.25, -0.2) is 4.98 Å². The predicted molar refractivity (Wildman–Crippen MR) is 117 cm³/mol. The number of unbranched alkanes of at least 4 members (excludes halogenated alkanes) is 1. The Bertz CT molecular complexity index is 1140. The number of nitrogens with zero attached hydrogens (tertiary/aromatic N) is 2.